The summed E-state index contributed by atoms with van der Waals surface area (Å²) in [5.41, 5.74) is 9.61. The SMILES string of the molecule is CC(CN)(c1ccccc1)c1c[nH]c2ccccc12. The first-order valence-corrected chi connectivity index (χ1v) is 6.58. The molecule has 19 heavy (non-hydrogen) atoms. The van der Waals surface area contributed by atoms with Crippen LogP contribution in [-0.4, -0.2) is 11.5 Å². The lowest BCUT2D eigenvalue weighted by Gasteiger charge is -2.28. The number of nitrogens with two attached hydrogens (primary N) is 1. The molecule has 1 unspecified atom stereocenters. The Kier molecular flexibility index (Phi) is 2.88. The van der Waals surface area contributed by atoms with Crippen LogP contribution < -0.4 is 5.73 Å². The molecule has 0 radical (unpaired) electrons. The molecule has 0 aliphatic carbocycles. The van der Waals surface area contributed by atoms with Gasteiger partial charge >= 0.3 is 0 Å². The minimum Gasteiger partial charge on any atom is -0.361 e. The van der Waals surface area contributed by atoms with E-state index >= 15 is 0 Å². The van der Waals surface area contributed by atoms with Crippen molar-refractivity contribution in [3.63, 3.8) is 0 Å². The molecule has 3 rings (SSSR count). The van der Waals surface area contributed by atoms with E-state index in [1.165, 1.54) is 16.5 Å². The number of aromatic amines is 1. The average molecular weight is 250 g/mol. The Hall–Kier alpha value is -2.06. The lowest BCUT2D eigenvalue weighted by Crippen LogP contribution is -2.32. The van der Waals surface area contributed by atoms with Crippen LogP contribution in [0.4, 0.5) is 0 Å². The molecule has 3 N–H and O–H groups in total. The monoisotopic (exact) mass is 250 g/mol. The molecule has 1 aromatic heterocycles. The number of aromatic nitrogens is 1. The number of benzene rings is 2. The first kappa shape index (κ1) is 12.0. The molecule has 0 bridgehead atoms. The fourth-order valence-electron chi connectivity index (χ4n) is 2.72. The maximum Gasteiger partial charge on any atom is 0.0457 e. The second-order valence-electron chi connectivity index (χ2n) is 5.15. The van der Waals surface area contributed by atoms with Crippen molar-refractivity contribution in [1.82, 2.24) is 4.98 Å². The van der Waals surface area contributed by atoms with E-state index in [9.17, 15) is 0 Å². The van der Waals surface area contributed by atoms with Crippen molar-refractivity contribution in [3.05, 3.63) is 71.9 Å². The molecule has 1 atom stereocenters. The number of nitrogens with one attached hydrogen (secondary N) is 1. The second-order valence-corrected chi connectivity index (χ2v) is 5.15. The van der Waals surface area contributed by atoms with Gasteiger partial charge in [0.1, 0.15) is 0 Å². The van der Waals surface area contributed by atoms with Crippen LogP contribution in [0.2, 0.25) is 0 Å². The molecule has 2 aromatic carbocycles. The van der Waals surface area contributed by atoms with Crippen LogP contribution in [-0.2, 0) is 5.41 Å². The van der Waals surface area contributed by atoms with Crippen molar-refractivity contribution in [3.8, 4) is 0 Å². The highest BCUT2D eigenvalue weighted by molar-refractivity contribution is 5.84. The maximum atomic E-state index is 6.11. The molecule has 0 saturated carbocycles. The zero-order chi connectivity index (χ0) is 13.3. The van der Waals surface area contributed by atoms with Crippen LogP contribution in [0.5, 0.6) is 0 Å². The number of hydrogen-bond donors (Lipinski definition) is 2. The highest BCUT2D eigenvalue weighted by Crippen LogP contribution is 2.35. The summed E-state index contributed by atoms with van der Waals surface area (Å²) in [5, 5.41) is 1.25. The highest BCUT2D eigenvalue weighted by Gasteiger charge is 2.29. The molecule has 0 aliphatic heterocycles. The molecule has 3 aromatic rings. The zero-order valence-corrected chi connectivity index (χ0v) is 11.1. The Morgan fingerprint density at radius 1 is 1.00 bits per heavy atom. The van der Waals surface area contributed by atoms with Crippen molar-refractivity contribution in [1.29, 1.82) is 0 Å². The molecule has 2 heteroatoms. The van der Waals surface area contributed by atoms with E-state index in [1.807, 2.05) is 12.1 Å². The smallest absolute Gasteiger partial charge is 0.0457 e. The van der Waals surface area contributed by atoms with Gasteiger partial charge in [-0.3, -0.25) is 0 Å². The van der Waals surface area contributed by atoms with Crippen LogP contribution in [0, 0.1) is 0 Å². The third kappa shape index (κ3) is 1.85. The van der Waals surface area contributed by atoms with E-state index < -0.39 is 0 Å². The summed E-state index contributed by atoms with van der Waals surface area (Å²) < 4.78 is 0. The van der Waals surface area contributed by atoms with Crippen molar-refractivity contribution in [2.45, 2.75) is 12.3 Å². The molecule has 0 spiro atoms. The Balaban J connectivity index is 2.22. The standard InChI is InChI=1S/C17H18N2/c1-17(12-18,13-7-3-2-4-8-13)15-11-19-16-10-6-5-9-14(15)16/h2-11,19H,12,18H2,1H3. The van der Waals surface area contributed by atoms with Gasteiger partial charge in [-0.25, -0.2) is 0 Å². The van der Waals surface area contributed by atoms with Gasteiger partial charge in [0.25, 0.3) is 0 Å². The summed E-state index contributed by atoms with van der Waals surface area (Å²) >= 11 is 0. The van der Waals surface area contributed by atoms with Gasteiger partial charge in [0.15, 0.2) is 0 Å². The Bertz CT molecular complexity index is 685. The number of fused-ring (bicyclic) bond motifs is 1. The predicted octanol–water partition coefficient (Wildman–Crippen LogP) is 3.43. The third-order valence-corrected chi connectivity index (χ3v) is 4.00. The number of para-hydroxylation sites is 1. The normalized spacial score (nSPS) is 14.4. The molecular weight excluding hydrogens is 232 g/mol. The van der Waals surface area contributed by atoms with Crippen LogP contribution in [0.15, 0.2) is 60.8 Å². The van der Waals surface area contributed by atoms with Gasteiger partial charge in [0, 0.05) is 29.1 Å². The lowest BCUT2D eigenvalue weighted by molar-refractivity contribution is 0.589. The van der Waals surface area contributed by atoms with Crippen molar-refractivity contribution >= 4 is 10.9 Å². The van der Waals surface area contributed by atoms with Crippen molar-refractivity contribution in [2.24, 2.45) is 5.73 Å². The topological polar surface area (TPSA) is 41.8 Å². The quantitative estimate of drug-likeness (QED) is 0.734. The summed E-state index contributed by atoms with van der Waals surface area (Å²) in [6.07, 6.45) is 2.09. The molecular formula is C17H18N2. The van der Waals surface area contributed by atoms with Crippen LogP contribution in [0.25, 0.3) is 10.9 Å². The van der Waals surface area contributed by atoms with E-state index in [2.05, 4.69) is 60.6 Å². The van der Waals surface area contributed by atoms with E-state index in [0.29, 0.717) is 6.54 Å². The molecule has 0 amide bonds. The first-order valence-electron chi connectivity index (χ1n) is 6.58. The third-order valence-electron chi connectivity index (χ3n) is 4.00. The molecule has 96 valence electrons. The van der Waals surface area contributed by atoms with E-state index in [1.54, 1.807) is 0 Å². The van der Waals surface area contributed by atoms with Crippen molar-refractivity contribution < 1.29 is 0 Å². The van der Waals surface area contributed by atoms with Gasteiger partial charge < -0.3 is 10.7 Å². The Labute approximate surface area is 113 Å². The minimum atomic E-state index is -0.166. The summed E-state index contributed by atoms with van der Waals surface area (Å²) in [4.78, 5) is 3.34. The maximum absolute atomic E-state index is 6.11. The highest BCUT2D eigenvalue weighted by atomic mass is 14.7. The van der Waals surface area contributed by atoms with Gasteiger partial charge in [-0.05, 0) is 17.2 Å². The number of hydrogen-bond acceptors (Lipinski definition) is 1. The molecule has 0 aliphatic rings. The Morgan fingerprint density at radius 3 is 2.42 bits per heavy atom. The van der Waals surface area contributed by atoms with Crippen LogP contribution >= 0.6 is 0 Å². The van der Waals surface area contributed by atoms with Gasteiger partial charge in [-0.15, -0.1) is 0 Å². The van der Waals surface area contributed by atoms with Gasteiger partial charge in [-0.2, -0.15) is 0 Å². The predicted molar refractivity (Wildman–Crippen MR) is 80.2 cm³/mol. The van der Waals surface area contributed by atoms with E-state index in [4.69, 9.17) is 5.73 Å². The summed E-state index contributed by atoms with van der Waals surface area (Å²) in [6.45, 7) is 2.79. The first-order chi connectivity index (χ1) is 9.25. The number of H-pyrrole nitrogens is 1. The zero-order valence-electron chi connectivity index (χ0n) is 11.1. The van der Waals surface area contributed by atoms with Gasteiger partial charge in [0.2, 0.25) is 0 Å². The van der Waals surface area contributed by atoms with E-state index in [0.717, 1.165) is 5.52 Å². The molecule has 1 heterocycles. The fourth-order valence-corrected chi connectivity index (χ4v) is 2.72. The van der Waals surface area contributed by atoms with E-state index in [-0.39, 0.29) is 5.41 Å². The van der Waals surface area contributed by atoms with Gasteiger partial charge in [-0.1, -0.05) is 55.5 Å². The summed E-state index contributed by atoms with van der Waals surface area (Å²) in [5.74, 6) is 0. The summed E-state index contributed by atoms with van der Waals surface area (Å²) in [6, 6.07) is 18.8. The number of rotatable bonds is 3. The Morgan fingerprint density at radius 2 is 1.68 bits per heavy atom. The van der Waals surface area contributed by atoms with Crippen LogP contribution in [0.1, 0.15) is 18.1 Å². The van der Waals surface area contributed by atoms with Crippen LogP contribution in [0.3, 0.4) is 0 Å². The van der Waals surface area contributed by atoms with Crippen molar-refractivity contribution in [2.75, 3.05) is 6.54 Å². The molecule has 0 saturated heterocycles. The second kappa shape index (κ2) is 4.56. The lowest BCUT2D eigenvalue weighted by atomic mass is 9.76. The largest absolute Gasteiger partial charge is 0.361 e. The van der Waals surface area contributed by atoms with Gasteiger partial charge in [0.05, 0.1) is 0 Å². The summed E-state index contributed by atoms with van der Waals surface area (Å²) in [7, 11) is 0. The minimum absolute atomic E-state index is 0.166. The average Bonchev–Trinajstić information content (AvgIpc) is 2.92. The molecule has 2 nitrogen and oxygen atoms in total. The fraction of sp³-hybridized carbons (Fsp3) is 0.176. The molecule has 0 fully saturated rings.